The fourth-order valence-electron chi connectivity index (χ4n) is 2.78. The summed E-state index contributed by atoms with van der Waals surface area (Å²) in [6.07, 6.45) is 3.04. The standard InChI is InChI=1S/C25H21N3O3/c1-18-4-2-3-5-20(18)12-15-24(29)27-28-25(30)17-31-23-13-10-22(11-14-23)21-8-6-19(16-26)7-9-21/h2-15H,17H2,1H3,(H,27,29)(H,28,30)/b15-12+. The van der Waals surface area contributed by atoms with Crippen molar-refractivity contribution in [2.75, 3.05) is 6.61 Å². The normalized spacial score (nSPS) is 10.3. The first kappa shape index (κ1) is 21.3. The molecule has 3 aromatic carbocycles. The Morgan fingerprint density at radius 3 is 2.23 bits per heavy atom. The fourth-order valence-corrected chi connectivity index (χ4v) is 2.78. The highest BCUT2D eigenvalue weighted by atomic mass is 16.5. The Bertz CT molecular complexity index is 1130. The number of hydrazine groups is 1. The van der Waals surface area contributed by atoms with Crippen LogP contribution >= 0.6 is 0 Å². The van der Waals surface area contributed by atoms with E-state index in [9.17, 15) is 9.59 Å². The Labute approximate surface area is 180 Å². The Hall–Kier alpha value is -4.37. The van der Waals surface area contributed by atoms with Crippen molar-refractivity contribution in [3.05, 3.63) is 95.6 Å². The average Bonchev–Trinajstić information content (AvgIpc) is 2.81. The van der Waals surface area contributed by atoms with Gasteiger partial charge in [0, 0.05) is 6.08 Å². The largest absolute Gasteiger partial charge is 0.484 e. The van der Waals surface area contributed by atoms with E-state index in [1.54, 1.807) is 30.3 Å². The molecule has 0 radical (unpaired) electrons. The maximum Gasteiger partial charge on any atom is 0.276 e. The van der Waals surface area contributed by atoms with E-state index in [1.807, 2.05) is 55.5 Å². The lowest BCUT2D eigenvalue weighted by Crippen LogP contribution is -2.43. The number of hydrogen-bond donors (Lipinski definition) is 2. The highest BCUT2D eigenvalue weighted by Crippen LogP contribution is 2.22. The number of carbonyl (C=O) groups is 2. The average molecular weight is 411 g/mol. The van der Waals surface area contributed by atoms with E-state index in [2.05, 4.69) is 16.9 Å². The molecule has 0 heterocycles. The van der Waals surface area contributed by atoms with Gasteiger partial charge in [0.1, 0.15) is 5.75 Å². The minimum absolute atomic E-state index is 0.238. The van der Waals surface area contributed by atoms with Gasteiger partial charge in [-0.3, -0.25) is 20.4 Å². The first-order valence-electron chi connectivity index (χ1n) is 9.61. The molecule has 0 atom stereocenters. The van der Waals surface area contributed by atoms with E-state index in [0.29, 0.717) is 11.3 Å². The molecule has 0 fully saturated rings. The summed E-state index contributed by atoms with van der Waals surface area (Å²) >= 11 is 0. The van der Waals surface area contributed by atoms with Crippen LogP contribution in [0.1, 0.15) is 16.7 Å². The third kappa shape index (κ3) is 6.31. The van der Waals surface area contributed by atoms with Crippen LogP contribution in [0, 0.1) is 18.3 Å². The summed E-state index contributed by atoms with van der Waals surface area (Å²) in [5.74, 6) is -0.393. The summed E-state index contributed by atoms with van der Waals surface area (Å²) in [5.41, 5.74) is 9.16. The van der Waals surface area contributed by atoms with Crippen molar-refractivity contribution in [1.29, 1.82) is 5.26 Å². The van der Waals surface area contributed by atoms with Gasteiger partial charge in [-0.05, 0) is 59.5 Å². The molecule has 0 saturated carbocycles. The molecule has 0 saturated heterocycles. The van der Waals surface area contributed by atoms with Crippen LogP contribution < -0.4 is 15.6 Å². The van der Waals surface area contributed by atoms with Crippen LogP contribution in [0.4, 0.5) is 0 Å². The van der Waals surface area contributed by atoms with Gasteiger partial charge in [-0.2, -0.15) is 5.26 Å². The van der Waals surface area contributed by atoms with E-state index >= 15 is 0 Å². The number of amides is 2. The Morgan fingerprint density at radius 1 is 0.935 bits per heavy atom. The zero-order valence-electron chi connectivity index (χ0n) is 17.0. The molecule has 3 aromatic rings. The van der Waals surface area contributed by atoms with Crippen LogP contribution in [0.2, 0.25) is 0 Å². The molecule has 6 heteroatoms. The van der Waals surface area contributed by atoms with E-state index in [1.165, 1.54) is 6.08 Å². The number of hydrogen-bond acceptors (Lipinski definition) is 4. The second kappa shape index (κ2) is 10.4. The van der Waals surface area contributed by atoms with Gasteiger partial charge in [0.2, 0.25) is 0 Å². The van der Waals surface area contributed by atoms with Gasteiger partial charge in [-0.1, -0.05) is 48.5 Å². The monoisotopic (exact) mass is 411 g/mol. The molecule has 0 unspecified atom stereocenters. The molecular formula is C25H21N3O3. The molecule has 2 N–H and O–H groups in total. The molecular weight excluding hydrogens is 390 g/mol. The lowest BCUT2D eigenvalue weighted by Gasteiger charge is -2.08. The summed E-state index contributed by atoms with van der Waals surface area (Å²) in [4.78, 5) is 23.7. The second-order valence-electron chi connectivity index (χ2n) is 6.73. The molecule has 2 amide bonds. The Balaban J connectivity index is 1.44. The number of aryl methyl sites for hydroxylation is 1. The highest BCUT2D eigenvalue weighted by Gasteiger charge is 2.05. The van der Waals surface area contributed by atoms with Gasteiger partial charge in [0.25, 0.3) is 11.8 Å². The van der Waals surface area contributed by atoms with Crippen molar-refractivity contribution < 1.29 is 14.3 Å². The van der Waals surface area contributed by atoms with Crippen LogP contribution in [-0.2, 0) is 9.59 Å². The first-order chi connectivity index (χ1) is 15.0. The number of nitriles is 1. The van der Waals surface area contributed by atoms with Crippen molar-refractivity contribution in [2.24, 2.45) is 0 Å². The predicted molar refractivity (Wildman–Crippen MR) is 119 cm³/mol. The number of carbonyl (C=O) groups excluding carboxylic acids is 2. The van der Waals surface area contributed by atoms with Crippen molar-refractivity contribution in [2.45, 2.75) is 6.92 Å². The Morgan fingerprint density at radius 2 is 1.58 bits per heavy atom. The van der Waals surface area contributed by atoms with Crippen molar-refractivity contribution >= 4 is 17.9 Å². The van der Waals surface area contributed by atoms with E-state index in [-0.39, 0.29) is 6.61 Å². The van der Waals surface area contributed by atoms with Crippen molar-refractivity contribution in [3.8, 4) is 22.9 Å². The number of benzene rings is 3. The minimum atomic E-state index is -0.478. The van der Waals surface area contributed by atoms with Crippen molar-refractivity contribution in [3.63, 3.8) is 0 Å². The van der Waals surface area contributed by atoms with Crippen LogP contribution in [-0.4, -0.2) is 18.4 Å². The lowest BCUT2D eigenvalue weighted by atomic mass is 10.0. The van der Waals surface area contributed by atoms with Gasteiger partial charge in [-0.25, -0.2) is 0 Å². The van der Waals surface area contributed by atoms with E-state index in [0.717, 1.165) is 22.3 Å². The number of nitrogens with zero attached hydrogens (tertiary/aromatic N) is 1. The fraction of sp³-hybridized carbons (Fsp3) is 0.0800. The number of ether oxygens (including phenoxy) is 1. The maximum atomic E-state index is 11.9. The number of nitrogens with one attached hydrogen (secondary N) is 2. The van der Waals surface area contributed by atoms with Crippen LogP contribution in [0.15, 0.2) is 78.9 Å². The van der Waals surface area contributed by atoms with Gasteiger partial charge >= 0.3 is 0 Å². The smallest absolute Gasteiger partial charge is 0.276 e. The molecule has 31 heavy (non-hydrogen) atoms. The van der Waals surface area contributed by atoms with Gasteiger partial charge < -0.3 is 4.74 Å². The summed E-state index contributed by atoms with van der Waals surface area (Å²) in [6, 6.07) is 24.3. The van der Waals surface area contributed by atoms with E-state index < -0.39 is 11.8 Å². The third-order valence-corrected chi connectivity index (χ3v) is 4.50. The molecule has 154 valence electrons. The molecule has 3 rings (SSSR count). The van der Waals surface area contributed by atoms with Gasteiger partial charge in [-0.15, -0.1) is 0 Å². The molecule has 0 bridgehead atoms. The molecule has 6 nitrogen and oxygen atoms in total. The second-order valence-corrected chi connectivity index (χ2v) is 6.73. The summed E-state index contributed by atoms with van der Waals surface area (Å²) in [7, 11) is 0. The maximum absolute atomic E-state index is 11.9. The molecule has 0 spiro atoms. The molecule has 0 aliphatic carbocycles. The SMILES string of the molecule is Cc1ccccc1/C=C/C(=O)NNC(=O)COc1ccc(-c2ccc(C#N)cc2)cc1. The van der Waals surface area contributed by atoms with Gasteiger partial charge in [0.15, 0.2) is 6.61 Å². The van der Waals surface area contributed by atoms with Crippen LogP contribution in [0.5, 0.6) is 5.75 Å². The first-order valence-corrected chi connectivity index (χ1v) is 9.61. The quantitative estimate of drug-likeness (QED) is 0.477. The molecule has 0 aromatic heterocycles. The zero-order valence-corrected chi connectivity index (χ0v) is 17.0. The predicted octanol–water partition coefficient (Wildman–Crippen LogP) is 3.77. The Kier molecular flexibility index (Phi) is 7.17. The van der Waals surface area contributed by atoms with E-state index in [4.69, 9.17) is 10.00 Å². The highest BCUT2D eigenvalue weighted by molar-refractivity contribution is 5.93. The number of rotatable bonds is 6. The van der Waals surface area contributed by atoms with Crippen molar-refractivity contribution in [1.82, 2.24) is 10.9 Å². The zero-order chi connectivity index (χ0) is 22.1. The summed E-state index contributed by atoms with van der Waals surface area (Å²) < 4.78 is 5.45. The summed E-state index contributed by atoms with van der Waals surface area (Å²) in [5, 5.41) is 8.87. The minimum Gasteiger partial charge on any atom is -0.484 e. The molecule has 0 aliphatic heterocycles. The topological polar surface area (TPSA) is 91.2 Å². The van der Waals surface area contributed by atoms with Crippen LogP contribution in [0.25, 0.3) is 17.2 Å². The summed E-state index contributed by atoms with van der Waals surface area (Å²) in [6.45, 7) is 1.71. The van der Waals surface area contributed by atoms with Gasteiger partial charge in [0.05, 0.1) is 11.6 Å². The molecule has 0 aliphatic rings. The van der Waals surface area contributed by atoms with Crippen LogP contribution in [0.3, 0.4) is 0 Å². The lowest BCUT2D eigenvalue weighted by molar-refractivity contribution is -0.128. The third-order valence-electron chi connectivity index (χ3n) is 4.50.